The molecule has 1 aromatic heterocycles. The predicted octanol–water partition coefficient (Wildman–Crippen LogP) is 1.26. The number of carboxylic acid groups (broad SMARTS) is 2. The monoisotopic (exact) mass is 462 g/mol. The topological polar surface area (TPSA) is 168 Å². The third-order valence-electron chi connectivity index (χ3n) is 4.88. The first-order chi connectivity index (χ1) is 15.7. The Morgan fingerprint density at radius 2 is 1.79 bits per heavy atom. The molecule has 0 bridgehead atoms. The maximum atomic E-state index is 12.3. The Morgan fingerprint density at radius 3 is 2.36 bits per heavy atom. The zero-order valence-electron chi connectivity index (χ0n) is 18.6. The molecule has 3 atom stereocenters. The summed E-state index contributed by atoms with van der Waals surface area (Å²) in [6, 6.07) is 10.7. The van der Waals surface area contributed by atoms with Crippen LogP contribution in [0.4, 0.5) is 0 Å². The zero-order valence-corrected chi connectivity index (χ0v) is 18.6. The fourth-order valence-electron chi connectivity index (χ4n) is 3.62. The van der Waals surface area contributed by atoms with Gasteiger partial charge in [0, 0.05) is 39.0 Å². The van der Waals surface area contributed by atoms with Crippen LogP contribution in [-0.2, 0) is 20.9 Å². The summed E-state index contributed by atoms with van der Waals surface area (Å²) in [7, 11) is 0. The molecule has 2 fully saturated rings. The lowest BCUT2D eigenvalue weighted by Crippen LogP contribution is -2.43. The number of aromatic nitrogens is 1. The molecule has 11 nitrogen and oxygen atoms in total. The van der Waals surface area contributed by atoms with Gasteiger partial charge in [-0.05, 0) is 12.0 Å². The van der Waals surface area contributed by atoms with Gasteiger partial charge in [-0.1, -0.05) is 30.3 Å². The van der Waals surface area contributed by atoms with Gasteiger partial charge in [-0.2, -0.15) is 0 Å². The van der Waals surface area contributed by atoms with Gasteiger partial charge in [-0.25, -0.2) is 4.98 Å². The molecular formula is C22H30N4O7. The van der Waals surface area contributed by atoms with Crippen LogP contribution in [0.25, 0.3) is 0 Å². The minimum absolute atomic E-state index is 0.0913. The first-order valence-electron chi connectivity index (χ1n) is 10.4. The van der Waals surface area contributed by atoms with Crippen molar-refractivity contribution in [2.75, 3.05) is 19.7 Å². The van der Waals surface area contributed by atoms with Crippen molar-refractivity contribution in [3.63, 3.8) is 0 Å². The second kappa shape index (κ2) is 12.7. The Kier molecular flexibility index (Phi) is 9.98. The van der Waals surface area contributed by atoms with Crippen molar-refractivity contribution in [2.45, 2.75) is 45.0 Å². The lowest BCUT2D eigenvalue weighted by Gasteiger charge is -2.35. The van der Waals surface area contributed by atoms with E-state index in [9.17, 15) is 4.79 Å². The van der Waals surface area contributed by atoms with Crippen LogP contribution in [0.1, 0.15) is 48.3 Å². The Balaban J connectivity index is 0.000000420. The van der Waals surface area contributed by atoms with Gasteiger partial charge in [0.2, 0.25) is 5.89 Å². The van der Waals surface area contributed by atoms with Crippen LogP contribution < -0.4 is 11.1 Å². The predicted molar refractivity (Wildman–Crippen MR) is 117 cm³/mol. The van der Waals surface area contributed by atoms with E-state index in [0.29, 0.717) is 18.5 Å². The van der Waals surface area contributed by atoms with Crippen LogP contribution in [0.5, 0.6) is 0 Å². The number of nitrogens with one attached hydrogen (secondary N) is 1. The number of amides is 1. The molecule has 0 saturated carbocycles. The van der Waals surface area contributed by atoms with Crippen molar-refractivity contribution < 1.29 is 33.8 Å². The Labute approximate surface area is 191 Å². The van der Waals surface area contributed by atoms with Crippen molar-refractivity contribution in [1.82, 2.24) is 15.2 Å². The molecule has 0 spiro atoms. The van der Waals surface area contributed by atoms with Gasteiger partial charge in [-0.3, -0.25) is 19.3 Å². The quantitative estimate of drug-likeness (QED) is 0.519. The largest absolute Gasteiger partial charge is 0.481 e. The van der Waals surface area contributed by atoms with E-state index in [-0.39, 0.29) is 30.3 Å². The number of aliphatic carboxylic acids is 2. The average molecular weight is 463 g/mol. The van der Waals surface area contributed by atoms with Gasteiger partial charge in [-0.15, -0.1) is 0 Å². The standard InChI is InChI=1S/C18H22N4O3.2C2H4O2/c19-7-17-21-15(11-25-17)18(23)20-13-6-14-10-24-16(9-22(14)8-13)12-4-2-1-3-5-12;2*1-2(3)4/h1-5,11,13-14,16H,6-10,19H2,(H,20,23);2*1H3,(H,3,4)/t13-,14+,16-;;/m1../s1. The number of oxazole rings is 1. The highest BCUT2D eigenvalue weighted by Gasteiger charge is 2.38. The Morgan fingerprint density at radius 1 is 1.15 bits per heavy atom. The molecule has 180 valence electrons. The van der Waals surface area contributed by atoms with Crippen molar-refractivity contribution in [2.24, 2.45) is 5.73 Å². The molecule has 2 saturated heterocycles. The third-order valence-corrected chi connectivity index (χ3v) is 4.88. The highest BCUT2D eigenvalue weighted by Crippen LogP contribution is 2.30. The van der Waals surface area contributed by atoms with Gasteiger partial charge in [0.15, 0.2) is 5.69 Å². The van der Waals surface area contributed by atoms with Gasteiger partial charge in [0.1, 0.15) is 6.26 Å². The second-order valence-corrected chi connectivity index (χ2v) is 7.62. The summed E-state index contributed by atoms with van der Waals surface area (Å²) in [6.07, 6.45) is 2.33. The van der Waals surface area contributed by atoms with Crippen LogP contribution in [0.2, 0.25) is 0 Å². The normalized spacial score (nSPS) is 21.5. The number of hydrogen-bond acceptors (Lipinski definition) is 8. The number of ether oxygens (including phenoxy) is 1. The van der Waals surface area contributed by atoms with E-state index >= 15 is 0 Å². The number of nitrogens with zero attached hydrogens (tertiary/aromatic N) is 2. The van der Waals surface area contributed by atoms with Gasteiger partial charge >= 0.3 is 0 Å². The second-order valence-electron chi connectivity index (χ2n) is 7.62. The number of fused-ring (bicyclic) bond motifs is 1. The van der Waals surface area contributed by atoms with Gasteiger partial charge < -0.3 is 30.4 Å². The lowest BCUT2D eigenvalue weighted by atomic mass is 10.1. The van der Waals surface area contributed by atoms with Gasteiger partial charge in [0.25, 0.3) is 17.8 Å². The number of benzene rings is 1. The Bertz CT molecular complexity index is 898. The fourth-order valence-corrected chi connectivity index (χ4v) is 3.62. The molecule has 2 aliphatic heterocycles. The van der Waals surface area contributed by atoms with Crippen molar-refractivity contribution in [3.8, 4) is 0 Å². The minimum Gasteiger partial charge on any atom is -0.481 e. The molecule has 5 N–H and O–H groups in total. The summed E-state index contributed by atoms with van der Waals surface area (Å²) in [6.45, 7) is 4.71. The number of morpholine rings is 1. The molecule has 33 heavy (non-hydrogen) atoms. The molecular weight excluding hydrogens is 432 g/mol. The fraction of sp³-hybridized carbons (Fsp3) is 0.455. The summed E-state index contributed by atoms with van der Waals surface area (Å²) in [4.78, 5) is 36.8. The van der Waals surface area contributed by atoms with E-state index < -0.39 is 11.9 Å². The van der Waals surface area contributed by atoms with E-state index in [0.717, 1.165) is 33.4 Å². The van der Waals surface area contributed by atoms with Crippen LogP contribution in [0.15, 0.2) is 41.0 Å². The summed E-state index contributed by atoms with van der Waals surface area (Å²) >= 11 is 0. The van der Waals surface area contributed by atoms with Crippen LogP contribution in [0, 0.1) is 0 Å². The third kappa shape index (κ3) is 8.64. The number of carboxylic acids is 2. The molecule has 2 aliphatic rings. The summed E-state index contributed by atoms with van der Waals surface area (Å²) in [5, 5.41) is 17.9. The molecule has 2 aromatic rings. The van der Waals surface area contributed by atoms with Crippen LogP contribution in [0.3, 0.4) is 0 Å². The molecule has 0 unspecified atom stereocenters. The maximum Gasteiger partial charge on any atom is 0.300 e. The maximum absolute atomic E-state index is 12.3. The molecule has 0 aliphatic carbocycles. The first-order valence-corrected chi connectivity index (χ1v) is 10.4. The van der Waals surface area contributed by atoms with E-state index in [1.807, 2.05) is 18.2 Å². The Hall–Kier alpha value is -3.28. The van der Waals surface area contributed by atoms with Crippen molar-refractivity contribution in [3.05, 3.63) is 53.7 Å². The van der Waals surface area contributed by atoms with E-state index in [1.54, 1.807) is 0 Å². The number of hydrogen-bond donors (Lipinski definition) is 4. The molecule has 4 rings (SSSR count). The molecule has 11 heteroatoms. The number of nitrogens with two attached hydrogens (primary N) is 1. The van der Waals surface area contributed by atoms with Crippen LogP contribution >= 0.6 is 0 Å². The average Bonchev–Trinajstić information content (AvgIpc) is 3.39. The van der Waals surface area contributed by atoms with Gasteiger partial charge in [0.05, 0.1) is 19.3 Å². The minimum atomic E-state index is -0.833. The summed E-state index contributed by atoms with van der Waals surface area (Å²) < 4.78 is 11.2. The summed E-state index contributed by atoms with van der Waals surface area (Å²) in [5.74, 6) is -1.51. The van der Waals surface area contributed by atoms with Crippen molar-refractivity contribution in [1.29, 1.82) is 0 Å². The number of carbonyl (C=O) groups excluding carboxylic acids is 1. The van der Waals surface area contributed by atoms with E-state index in [4.69, 9.17) is 34.7 Å². The molecule has 1 aromatic carbocycles. The first kappa shape index (κ1) is 26.0. The highest BCUT2D eigenvalue weighted by molar-refractivity contribution is 5.92. The molecule has 3 heterocycles. The lowest BCUT2D eigenvalue weighted by molar-refractivity contribution is -0.135. The smallest absolute Gasteiger partial charge is 0.300 e. The number of carbonyl (C=O) groups is 3. The summed E-state index contributed by atoms with van der Waals surface area (Å²) in [5.41, 5.74) is 6.94. The molecule has 1 amide bonds. The van der Waals surface area contributed by atoms with E-state index in [1.165, 1.54) is 11.8 Å². The van der Waals surface area contributed by atoms with Crippen LogP contribution in [-0.4, -0.2) is 69.7 Å². The zero-order chi connectivity index (χ0) is 24.4. The SMILES string of the molecule is CC(=O)O.CC(=O)O.NCc1nc(C(=O)N[C@@H]2C[C@H]3CO[C@@H](c4ccccc4)CN3C2)co1. The van der Waals surface area contributed by atoms with E-state index in [2.05, 4.69) is 27.3 Å². The number of rotatable bonds is 4. The van der Waals surface area contributed by atoms with Crippen molar-refractivity contribution >= 4 is 17.8 Å². The molecule has 0 radical (unpaired) electrons. The highest BCUT2D eigenvalue weighted by atomic mass is 16.5.